The largest absolute Gasteiger partial charge is 0.494 e. The summed E-state index contributed by atoms with van der Waals surface area (Å²) in [6.07, 6.45) is 0. The molecule has 8 heteroatoms. The lowest BCUT2D eigenvalue weighted by Crippen LogP contribution is -2.22. The van der Waals surface area contributed by atoms with Crippen molar-refractivity contribution in [2.45, 2.75) is 24.8 Å². The summed E-state index contributed by atoms with van der Waals surface area (Å²) in [6.45, 7) is 3.99. The third kappa shape index (κ3) is 3.66. The molecule has 0 unspecified atom stereocenters. The van der Waals surface area contributed by atoms with Crippen LogP contribution in [0.3, 0.4) is 0 Å². The number of thioether (sulfide) groups is 1. The fourth-order valence-electron chi connectivity index (χ4n) is 3.99. The van der Waals surface area contributed by atoms with E-state index in [-0.39, 0.29) is 11.3 Å². The number of fused-ring (bicyclic) bond motifs is 3. The molecule has 0 spiro atoms. The smallest absolute Gasteiger partial charge is 0.267 e. The van der Waals surface area contributed by atoms with Gasteiger partial charge in [-0.3, -0.25) is 9.20 Å². The van der Waals surface area contributed by atoms with Gasteiger partial charge >= 0.3 is 0 Å². The number of nitrogens with zero attached hydrogens (tertiary/aromatic N) is 4. The zero-order chi connectivity index (χ0) is 23.1. The van der Waals surface area contributed by atoms with Gasteiger partial charge < -0.3 is 4.74 Å². The molecular weight excluding hydrogens is 439 g/mol. The van der Waals surface area contributed by atoms with Crippen LogP contribution >= 0.6 is 11.8 Å². The van der Waals surface area contributed by atoms with E-state index in [2.05, 4.69) is 10.2 Å². The maximum absolute atomic E-state index is 14.1. The van der Waals surface area contributed by atoms with E-state index >= 15 is 0 Å². The lowest BCUT2D eigenvalue weighted by atomic mass is 10.1. The number of ether oxygens (including phenoxy) is 1. The number of rotatable bonds is 5. The van der Waals surface area contributed by atoms with Crippen molar-refractivity contribution in [1.82, 2.24) is 19.2 Å². The van der Waals surface area contributed by atoms with Gasteiger partial charge in [0.05, 0.1) is 23.7 Å². The third-order valence-electron chi connectivity index (χ3n) is 5.57. The molecule has 0 N–H and O–H groups in total. The van der Waals surface area contributed by atoms with Gasteiger partial charge in [-0.05, 0) is 55.3 Å². The predicted molar refractivity (Wildman–Crippen MR) is 128 cm³/mol. The Morgan fingerprint density at radius 2 is 1.85 bits per heavy atom. The number of benzene rings is 3. The van der Waals surface area contributed by atoms with Crippen LogP contribution in [-0.2, 0) is 5.75 Å². The number of halogens is 1. The van der Waals surface area contributed by atoms with Crippen LogP contribution in [0, 0.1) is 19.7 Å². The van der Waals surface area contributed by atoms with Crippen LogP contribution in [0.5, 0.6) is 5.75 Å². The molecule has 0 bridgehead atoms. The second-order valence-electron chi connectivity index (χ2n) is 7.82. The average molecular weight is 461 g/mol. The first-order valence-corrected chi connectivity index (χ1v) is 11.4. The van der Waals surface area contributed by atoms with E-state index in [0.717, 1.165) is 27.9 Å². The summed E-state index contributed by atoms with van der Waals surface area (Å²) in [5, 5.41) is 9.97. The molecule has 0 aliphatic carbocycles. The van der Waals surface area contributed by atoms with E-state index < -0.39 is 5.82 Å². The molecule has 2 aromatic heterocycles. The normalized spacial score (nSPS) is 11.4. The van der Waals surface area contributed by atoms with Crippen molar-refractivity contribution in [2.24, 2.45) is 0 Å². The Bertz CT molecular complexity index is 1570. The summed E-state index contributed by atoms with van der Waals surface area (Å²) < 4.78 is 22.6. The molecule has 0 fully saturated rings. The zero-order valence-electron chi connectivity index (χ0n) is 18.4. The Balaban J connectivity index is 1.67. The molecule has 166 valence electrons. The molecule has 0 saturated heterocycles. The highest BCUT2D eigenvalue weighted by Gasteiger charge is 2.19. The quantitative estimate of drug-likeness (QED) is 0.342. The number of methoxy groups -OCH3 is 1. The number of hydrogen-bond donors (Lipinski definition) is 0. The van der Waals surface area contributed by atoms with Crippen LogP contribution in [0.2, 0.25) is 0 Å². The van der Waals surface area contributed by atoms with Crippen LogP contribution in [0.25, 0.3) is 22.4 Å². The van der Waals surface area contributed by atoms with Gasteiger partial charge in [-0.15, -0.1) is 10.2 Å². The maximum Gasteiger partial charge on any atom is 0.267 e. The highest BCUT2D eigenvalue weighted by Crippen LogP contribution is 2.28. The Hall–Kier alpha value is -3.65. The second kappa shape index (κ2) is 8.37. The Morgan fingerprint density at radius 1 is 1.03 bits per heavy atom. The van der Waals surface area contributed by atoms with E-state index in [9.17, 15) is 9.18 Å². The minimum Gasteiger partial charge on any atom is -0.494 e. The summed E-state index contributed by atoms with van der Waals surface area (Å²) in [7, 11) is 1.44. The monoisotopic (exact) mass is 460 g/mol. The minimum atomic E-state index is -0.407. The summed E-state index contributed by atoms with van der Waals surface area (Å²) >= 11 is 1.43. The van der Waals surface area contributed by atoms with E-state index in [1.165, 1.54) is 24.9 Å². The third-order valence-corrected chi connectivity index (χ3v) is 6.57. The van der Waals surface area contributed by atoms with E-state index in [4.69, 9.17) is 4.74 Å². The van der Waals surface area contributed by atoms with E-state index in [0.29, 0.717) is 22.1 Å². The minimum absolute atomic E-state index is 0.147. The van der Waals surface area contributed by atoms with Crippen molar-refractivity contribution in [3.05, 3.63) is 93.5 Å². The van der Waals surface area contributed by atoms with Gasteiger partial charge in [-0.2, -0.15) is 0 Å². The first-order valence-electron chi connectivity index (χ1n) is 10.4. The van der Waals surface area contributed by atoms with Gasteiger partial charge in [0.25, 0.3) is 5.56 Å². The van der Waals surface area contributed by atoms with Crippen molar-refractivity contribution in [3.63, 3.8) is 0 Å². The first-order chi connectivity index (χ1) is 16.0. The molecule has 0 saturated carbocycles. The number of aryl methyl sites for hydroxylation is 2. The van der Waals surface area contributed by atoms with Crippen molar-refractivity contribution < 1.29 is 9.13 Å². The molecule has 0 amide bonds. The van der Waals surface area contributed by atoms with Gasteiger partial charge in [0, 0.05) is 5.75 Å². The van der Waals surface area contributed by atoms with E-state index in [1.807, 2.05) is 66.8 Å². The summed E-state index contributed by atoms with van der Waals surface area (Å²) in [5.41, 5.74) is 4.23. The SMILES string of the molecule is COc1ccc(CSc2nnc3n(-c4ccc(C)cc4C)c(=O)c4ccccc4n23)cc1F. The highest BCUT2D eigenvalue weighted by atomic mass is 32.2. The molecular formula is C25H21FN4O2S. The van der Waals surface area contributed by atoms with Crippen molar-refractivity contribution in [2.75, 3.05) is 7.11 Å². The molecule has 0 aliphatic heterocycles. The predicted octanol–water partition coefficient (Wildman–Crippen LogP) is 5.09. The maximum atomic E-state index is 14.1. The lowest BCUT2D eigenvalue weighted by molar-refractivity contribution is 0.386. The Kier molecular flexibility index (Phi) is 5.38. The Labute approximate surface area is 193 Å². The molecule has 5 rings (SSSR count). The highest BCUT2D eigenvalue weighted by molar-refractivity contribution is 7.98. The summed E-state index contributed by atoms with van der Waals surface area (Å²) in [6, 6.07) is 18.3. The molecule has 3 aromatic carbocycles. The molecule has 0 radical (unpaired) electrons. The average Bonchev–Trinajstić information content (AvgIpc) is 3.23. The fourth-order valence-corrected chi connectivity index (χ4v) is 4.88. The molecule has 5 aromatic rings. The van der Waals surface area contributed by atoms with Gasteiger partial charge in [0.15, 0.2) is 16.7 Å². The van der Waals surface area contributed by atoms with Gasteiger partial charge in [0.2, 0.25) is 5.78 Å². The number of hydrogen-bond acceptors (Lipinski definition) is 5. The molecule has 33 heavy (non-hydrogen) atoms. The molecule has 0 atom stereocenters. The molecule has 2 heterocycles. The fraction of sp³-hybridized carbons (Fsp3) is 0.160. The van der Waals surface area contributed by atoms with Crippen LogP contribution in [-0.4, -0.2) is 26.3 Å². The molecule has 6 nitrogen and oxygen atoms in total. The number of aromatic nitrogens is 4. The van der Waals surface area contributed by atoms with Gasteiger partial charge in [-0.1, -0.05) is 47.7 Å². The van der Waals surface area contributed by atoms with Crippen molar-refractivity contribution in [1.29, 1.82) is 0 Å². The summed E-state index contributed by atoms with van der Waals surface area (Å²) in [4.78, 5) is 13.5. The standard InChI is InChI=1S/C25H21FN4O2S/c1-15-8-10-20(16(2)12-15)29-23(31)18-6-4-5-7-21(18)30-24(29)27-28-25(30)33-14-17-9-11-22(32-3)19(26)13-17/h4-13H,14H2,1-3H3. The van der Waals surface area contributed by atoms with Gasteiger partial charge in [-0.25, -0.2) is 8.96 Å². The van der Waals surface area contributed by atoms with Crippen LogP contribution in [0.4, 0.5) is 4.39 Å². The molecule has 0 aliphatic rings. The summed E-state index contributed by atoms with van der Waals surface area (Å²) in [5.74, 6) is 0.726. The Morgan fingerprint density at radius 3 is 2.61 bits per heavy atom. The second-order valence-corrected chi connectivity index (χ2v) is 8.77. The van der Waals surface area contributed by atoms with E-state index in [1.54, 1.807) is 10.6 Å². The van der Waals surface area contributed by atoms with Crippen LogP contribution < -0.4 is 10.3 Å². The van der Waals surface area contributed by atoms with Crippen molar-refractivity contribution >= 4 is 28.4 Å². The van der Waals surface area contributed by atoms with Crippen molar-refractivity contribution in [3.8, 4) is 11.4 Å². The first kappa shape index (κ1) is 21.2. The lowest BCUT2D eigenvalue weighted by Gasteiger charge is -2.13. The number of para-hydroxylation sites is 1. The zero-order valence-corrected chi connectivity index (χ0v) is 19.2. The topological polar surface area (TPSA) is 61.4 Å². The van der Waals surface area contributed by atoms with Crippen LogP contribution in [0.1, 0.15) is 16.7 Å². The van der Waals surface area contributed by atoms with Crippen LogP contribution in [0.15, 0.2) is 70.6 Å². The van der Waals surface area contributed by atoms with Gasteiger partial charge in [0.1, 0.15) is 0 Å².